The molecule has 2 atom stereocenters. The van der Waals surface area contributed by atoms with Crippen LogP contribution in [-0.4, -0.2) is 31.3 Å². The lowest BCUT2D eigenvalue weighted by Crippen LogP contribution is -2.44. The first-order chi connectivity index (χ1) is 8.25. The van der Waals surface area contributed by atoms with Crippen LogP contribution in [0.15, 0.2) is 0 Å². The van der Waals surface area contributed by atoms with Crippen molar-refractivity contribution in [3.63, 3.8) is 0 Å². The number of nitrogens with two attached hydrogens (primary N) is 1. The number of nitrogens with one attached hydrogen (secondary N) is 1. The van der Waals surface area contributed by atoms with Crippen molar-refractivity contribution >= 4 is 5.91 Å². The van der Waals surface area contributed by atoms with E-state index in [1.165, 1.54) is 25.7 Å². The first-order valence-corrected chi connectivity index (χ1v) is 6.54. The Morgan fingerprint density at radius 2 is 2.18 bits per heavy atom. The standard InChI is InChI=1S/C12H22N2O3/c13-12(15)11(7-9-3-1-2-4-9)14-17-10-5-6-16-8-10/h9-11,14H,1-8H2,(H2,13,15). The van der Waals surface area contributed by atoms with Crippen LogP contribution in [-0.2, 0) is 14.4 Å². The molecule has 98 valence electrons. The molecule has 1 aliphatic carbocycles. The van der Waals surface area contributed by atoms with Gasteiger partial charge in [-0.3, -0.25) is 9.63 Å². The van der Waals surface area contributed by atoms with Gasteiger partial charge in [-0.1, -0.05) is 25.7 Å². The average molecular weight is 242 g/mol. The van der Waals surface area contributed by atoms with Gasteiger partial charge >= 0.3 is 0 Å². The smallest absolute Gasteiger partial charge is 0.236 e. The normalized spacial score (nSPS) is 27.4. The summed E-state index contributed by atoms with van der Waals surface area (Å²) >= 11 is 0. The zero-order valence-electron chi connectivity index (χ0n) is 10.2. The molecule has 5 nitrogen and oxygen atoms in total. The Bertz CT molecular complexity index is 248. The molecule has 0 aromatic rings. The molecule has 3 N–H and O–H groups in total. The Kier molecular flexibility index (Phi) is 4.76. The van der Waals surface area contributed by atoms with E-state index in [-0.39, 0.29) is 18.1 Å². The van der Waals surface area contributed by atoms with Gasteiger partial charge in [-0.2, -0.15) is 5.48 Å². The number of hydrogen-bond acceptors (Lipinski definition) is 4. The Balaban J connectivity index is 1.73. The van der Waals surface area contributed by atoms with Gasteiger partial charge in [0.2, 0.25) is 5.91 Å². The van der Waals surface area contributed by atoms with Crippen molar-refractivity contribution in [1.82, 2.24) is 5.48 Å². The van der Waals surface area contributed by atoms with E-state index in [2.05, 4.69) is 5.48 Å². The first-order valence-electron chi connectivity index (χ1n) is 6.54. The molecule has 1 amide bonds. The molecule has 1 saturated carbocycles. The van der Waals surface area contributed by atoms with Crippen molar-refractivity contribution in [2.45, 2.75) is 50.7 Å². The number of hydroxylamine groups is 1. The number of amides is 1. The molecule has 17 heavy (non-hydrogen) atoms. The molecule has 2 aliphatic rings. The molecular formula is C12H22N2O3. The number of carbonyl (C=O) groups is 1. The lowest BCUT2D eigenvalue weighted by Gasteiger charge is -2.20. The maximum Gasteiger partial charge on any atom is 0.236 e. The fourth-order valence-corrected chi connectivity index (χ4v) is 2.59. The molecule has 2 fully saturated rings. The van der Waals surface area contributed by atoms with Crippen LogP contribution in [0.25, 0.3) is 0 Å². The molecule has 1 heterocycles. The lowest BCUT2D eigenvalue weighted by molar-refractivity contribution is -0.127. The van der Waals surface area contributed by atoms with Crippen LogP contribution < -0.4 is 11.2 Å². The molecule has 0 radical (unpaired) electrons. The molecule has 5 heteroatoms. The lowest BCUT2D eigenvalue weighted by atomic mass is 9.98. The zero-order chi connectivity index (χ0) is 12.1. The maximum absolute atomic E-state index is 11.3. The van der Waals surface area contributed by atoms with Crippen molar-refractivity contribution in [1.29, 1.82) is 0 Å². The van der Waals surface area contributed by atoms with Crippen molar-refractivity contribution in [3.8, 4) is 0 Å². The summed E-state index contributed by atoms with van der Waals surface area (Å²) in [5.74, 6) is 0.291. The monoisotopic (exact) mass is 242 g/mol. The second kappa shape index (κ2) is 6.33. The molecule has 2 rings (SSSR count). The van der Waals surface area contributed by atoms with Crippen LogP contribution in [0.4, 0.5) is 0 Å². The van der Waals surface area contributed by atoms with Crippen molar-refractivity contribution in [3.05, 3.63) is 0 Å². The highest BCUT2D eigenvalue weighted by Gasteiger charge is 2.25. The second-order valence-electron chi connectivity index (χ2n) is 5.06. The number of ether oxygens (including phenoxy) is 1. The quantitative estimate of drug-likeness (QED) is 0.673. The van der Waals surface area contributed by atoms with E-state index in [0.29, 0.717) is 12.5 Å². The number of carbonyl (C=O) groups excluding carboxylic acids is 1. The third-order valence-corrected chi connectivity index (χ3v) is 3.65. The Morgan fingerprint density at radius 1 is 1.41 bits per heavy atom. The van der Waals surface area contributed by atoms with E-state index in [1.807, 2.05) is 0 Å². The fraction of sp³-hybridized carbons (Fsp3) is 0.917. The first kappa shape index (κ1) is 12.8. The highest BCUT2D eigenvalue weighted by atomic mass is 16.7. The van der Waals surface area contributed by atoms with Crippen molar-refractivity contribution < 1.29 is 14.4 Å². The van der Waals surface area contributed by atoms with Crippen molar-refractivity contribution in [2.24, 2.45) is 11.7 Å². The molecule has 2 unspecified atom stereocenters. The Morgan fingerprint density at radius 3 is 2.76 bits per heavy atom. The number of rotatable bonds is 6. The van der Waals surface area contributed by atoms with Gasteiger partial charge in [-0.05, 0) is 12.3 Å². The Labute approximate surface area is 102 Å². The summed E-state index contributed by atoms with van der Waals surface area (Å²) in [6.07, 6.45) is 6.68. The van der Waals surface area contributed by atoms with Gasteiger partial charge < -0.3 is 10.5 Å². The summed E-state index contributed by atoms with van der Waals surface area (Å²) in [5, 5.41) is 0. The highest BCUT2D eigenvalue weighted by molar-refractivity contribution is 5.79. The second-order valence-corrected chi connectivity index (χ2v) is 5.06. The fourth-order valence-electron chi connectivity index (χ4n) is 2.59. The van der Waals surface area contributed by atoms with Gasteiger partial charge in [0.05, 0.1) is 6.61 Å². The minimum atomic E-state index is -0.362. The summed E-state index contributed by atoms with van der Waals surface area (Å²) in [6, 6.07) is -0.362. The maximum atomic E-state index is 11.3. The molecule has 1 saturated heterocycles. The van der Waals surface area contributed by atoms with Crippen LogP contribution in [0.1, 0.15) is 38.5 Å². The van der Waals surface area contributed by atoms with Gasteiger partial charge in [0.25, 0.3) is 0 Å². The molecule has 0 aromatic heterocycles. The topological polar surface area (TPSA) is 73.6 Å². The minimum absolute atomic E-state index is 0.0560. The molecular weight excluding hydrogens is 220 g/mol. The van der Waals surface area contributed by atoms with Gasteiger partial charge in [0.1, 0.15) is 12.1 Å². The molecule has 0 bridgehead atoms. The van der Waals surface area contributed by atoms with Crippen LogP contribution in [0.5, 0.6) is 0 Å². The predicted octanol–water partition coefficient (Wildman–Crippen LogP) is 0.731. The van der Waals surface area contributed by atoms with Crippen LogP contribution in [0.2, 0.25) is 0 Å². The van der Waals surface area contributed by atoms with E-state index in [0.717, 1.165) is 19.4 Å². The Hall–Kier alpha value is -0.650. The zero-order valence-corrected chi connectivity index (χ0v) is 10.2. The van der Waals surface area contributed by atoms with Crippen LogP contribution in [0, 0.1) is 5.92 Å². The SMILES string of the molecule is NC(=O)C(CC1CCCC1)NOC1CCOC1. The van der Waals surface area contributed by atoms with E-state index in [4.69, 9.17) is 15.3 Å². The van der Waals surface area contributed by atoms with E-state index in [1.54, 1.807) is 0 Å². The van der Waals surface area contributed by atoms with E-state index in [9.17, 15) is 4.79 Å². The van der Waals surface area contributed by atoms with E-state index < -0.39 is 0 Å². The molecule has 0 aromatic carbocycles. The highest BCUT2D eigenvalue weighted by Crippen LogP contribution is 2.28. The molecule has 0 spiro atoms. The number of hydrogen-bond donors (Lipinski definition) is 2. The average Bonchev–Trinajstić information content (AvgIpc) is 2.97. The van der Waals surface area contributed by atoms with Gasteiger partial charge in [0.15, 0.2) is 0 Å². The summed E-state index contributed by atoms with van der Waals surface area (Å²) in [7, 11) is 0. The largest absolute Gasteiger partial charge is 0.379 e. The third kappa shape index (κ3) is 3.94. The number of primary amides is 1. The summed E-state index contributed by atoms with van der Waals surface area (Å²) < 4.78 is 5.20. The predicted molar refractivity (Wildman–Crippen MR) is 63.0 cm³/mol. The van der Waals surface area contributed by atoms with Gasteiger partial charge in [-0.25, -0.2) is 0 Å². The summed E-state index contributed by atoms with van der Waals surface area (Å²) in [6.45, 7) is 1.33. The third-order valence-electron chi connectivity index (χ3n) is 3.65. The van der Waals surface area contributed by atoms with Crippen LogP contribution >= 0.6 is 0 Å². The summed E-state index contributed by atoms with van der Waals surface area (Å²) in [5.41, 5.74) is 8.22. The van der Waals surface area contributed by atoms with E-state index >= 15 is 0 Å². The van der Waals surface area contributed by atoms with Crippen molar-refractivity contribution in [2.75, 3.05) is 13.2 Å². The van der Waals surface area contributed by atoms with Gasteiger partial charge in [0, 0.05) is 13.0 Å². The van der Waals surface area contributed by atoms with Gasteiger partial charge in [-0.15, -0.1) is 0 Å². The molecule has 1 aliphatic heterocycles. The minimum Gasteiger partial charge on any atom is -0.379 e. The van der Waals surface area contributed by atoms with Crippen LogP contribution in [0.3, 0.4) is 0 Å². The summed E-state index contributed by atoms with van der Waals surface area (Å²) in [4.78, 5) is 16.8.